The summed E-state index contributed by atoms with van der Waals surface area (Å²) in [4.78, 5) is 21.6. The van der Waals surface area contributed by atoms with Crippen molar-refractivity contribution in [1.29, 1.82) is 0 Å². The first-order chi connectivity index (χ1) is 15.5. The number of nitrogens with zero attached hydrogens (tertiary/aromatic N) is 3. The first-order valence-electron chi connectivity index (χ1n) is 11.2. The second-order valence-corrected chi connectivity index (χ2v) is 9.94. The smallest absolute Gasteiger partial charge is 0.263 e. The van der Waals surface area contributed by atoms with E-state index in [-0.39, 0.29) is 10.8 Å². The van der Waals surface area contributed by atoms with Crippen LogP contribution in [-0.4, -0.2) is 62.7 Å². The number of amidine groups is 1. The lowest BCUT2D eigenvalue weighted by molar-refractivity contribution is -0.133. The van der Waals surface area contributed by atoms with Gasteiger partial charge in [-0.05, 0) is 30.5 Å². The molecule has 0 spiro atoms. The second-order valence-electron chi connectivity index (χ2n) is 8.29. The fraction of sp³-hybridized carbons (Fsp3) is 0.417. The molecule has 2 heterocycles. The van der Waals surface area contributed by atoms with Crippen molar-refractivity contribution in [2.45, 2.75) is 37.1 Å². The highest BCUT2D eigenvalue weighted by molar-refractivity contribution is 7.90. The van der Waals surface area contributed by atoms with Crippen molar-refractivity contribution < 1.29 is 13.2 Å². The number of hydrogen-bond donors (Lipinski definition) is 1. The predicted molar refractivity (Wildman–Crippen MR) is 125 cm³/mol. The van der Waals surface area contributed by atoms with Gasteiger partial charge in [0.2, 0.25) is 5.91 Å². The van der Waals surface area contributed by atoms with Crippen LogP contribution >= 0.6 is 0 Å². The number of unbranched alkanes of at least 4 members (excludes halogenated alkanes) is 2. The van der Waals surface area contributed by atoms with Gasteiger partial charge in [0.1, 0.15) is 5.84 Å². The topological polar surface area (TPSA) is 82.1 Å². The molecule has 2 aliphatic rings. The molecule has 0 aromatic heterocycles. The van der Waals surface area contributed by atoms with Gasteiger partial charge in [0, 0.05) is 51.3 Å². The Morgan fingerprint density at radius 1 is 0.906 bits per heavy atom. The Bertz CT molecular complexity index is 1060. The molecule has 8 heteroatoms. The number of sulfonamides is 1. The third-order valence-corrected chi connectivity index (χ3v) is 7.35. The summed E-state index contributed by atoms with van der Waals surface area (Å²) >= 11 is 0. The summed E-state index contributed by atoms with van der Waals surface area (Å²) in [6.07, 6.45) is 3.11. The molecule has 1 N–H and O–H groups in total. The monoisotopic (exact) mass is 454 g/mol. The molecule has 32 heavy (non-hydrogen) atoms. The van der Waals surface area contributed by atoms with Gasteiger partial charge < -0.3 is 4.90 Å². The van der Waals surface area contributed by atoms with Gasteiger partial charge in [-0.25, -0.2) is 8.42 Å². The highest BCUT2D eigenvalue weighted by Gasteiger charge is 2.29. The summed E-state index contributed by atoms with van der Waals surface area (Å²) < 4.78 is 26.7. The number of nitrogens with one attached hydrogen (secondary N) is 1. The van der Waals surface area contributed by atoms with Crippen LogP contribution in [0.15, 0.2) is 64.5 Å². The Hall–Kier alpha value is -2.71. The normalized spacial score (nSPS) is 19.0. The minimum atomic E-state index is -3.48. The Morgan fingerprint density at radius 3 is 2.41 bits per heavy atom. The molecule has 0 aliphatic carbocycles. The average Bonchev–Trinajstić information content (AvgIpc) is 3.07. The van der Waals surface area contributed by atoms with Crippen LogP contribution in [0, 0.1) is 0 Å². The molecule has 2 aliphatic heterocycles. The lowest BCUT2D eigenvalue weighted by Gasteiger charge is -2.34. The van der Waals surface area contributed by atoms with Crippen LogP contribution in [0.4, 0.5) is 0 Å². The summed E-state index contributed by atoms with van der Waals surface area (Å²) in [5.74, 6) is 0.651. The van der Waals surface area contributed by atoms with Gasteiger partial charge in [-0.1, -0.05) is 48.9 Å². The lowest BCUT2D eigenvalue weighted by Crippen LogP contribution is -2.48. The number of aliphatic imine (C=N–C) groups is 1. The Labute approximate surface area is 190 Å². The molecule has 0 bridgehead atoms. The van der Waals surface area contributed by atoms with Crippen LogP contribution in [-0.2, 0) is 21.4 Å². The van der Waals surface area contributed by atoms with Gasteiger partial charge >= 0.3 is 0 Å². The summed E-state index contributed by atoms with van der Waals surface area (Å²) in [6.45, 7) is 4.88. The van der Waals surface area contributed by atoms with E-state index in [2.05, 4.69) is 38.9 Å². The molecule has 1 amide bonds. The molecule has 2 aromatic rings. The number of fused-ring (bicyclic) bond motifs is 1. The van der Waals surface area contributed by atoms with Crippen molar-refractivity contribution in [3.63, 3.8) is 0 Å². The number of rotatable bonds is 8. The number of piperazine rings is 1. The SMILES string of the molecule is O=C(CCCCCN=C1NS(=O)(=O)c2ccccc21)N1CCN(Cc2ccccc2)CC1. The number of carbonyl (C=O) groups excluding carboxylic acids is 1. The maximum absolute atomic E-state index is 12.5. The zero-order valence-corrected chi connectivity index (χ0v) is 19.1. The summed E-state index contributed by atoms with van der Waals surface area (Å²) in [5.41, 5.74) is 1.94. The predicted octanol–water partition coefficient (Wildman–Crippen LogP) is 2.63. The summed E-state index contributed by atoms with van der Waals surface area (Å²) in [5, 5.41) is 0. The van der Waals surface area contributed by atoms with Crippen molar-refractivity contribution in [1.82, 2.24) is 14.5 Å². The molecule has 0 unspecified atom stereocenters. The summed E-state index contributed by atoms with van der Waals surface area (Å²) in [6, 6.07) is 17.3. The van der Waals surface area contributed by atoms with Gasteiger partial charge in [-0.3, -0.25) is 19.4 Å². The average molecular weight is 455 g/mol. The maximum atomic E-state index is 12.5. The van der Waals surface area contributed by atoms with E-state index in [0.29, 0.717) is 24.4 Å². The maximum Gasteiger partial charge on any atom is 0.263 e. The first-order valence-corrected chi connectivity index (χ1v) is 12.7. The van der Waals surface area contributed by atoms with Crippen LogP contribution in [0.25, 0.3) is 0 Å². The molecule has 4 rings (SSSR count). The van der Waals surface area contributed by atoms with E-state index >= 15 is 0 Å². The molecule has 7 nitrogen and oxygen atoms in total. The van der Waals surface area contributed by atoms with Crippen LogP contribution in [0.3, 0.4) is 0 Å². The van der Waals surface area contributed by atoms with Gasteiger partial charge in [-0.2, -0.15) is 0 Å². The van der Waals surface area contributed by atoms with E-state index in [4.69, 9.17) is 0 Å². The van der Waals surface area contributed by atoms with E-state index in [1.54, 1.807) is 18.2 Å². The minimum Gasteiger partial charge on any atom is -0.340 e. The quantitative estimate of drug-likeness (QED) is 0.622. The zero-order valence-electron chi connectivity index (χ0n) is 18.2. The van der Waals surface area contributed by atoms with Crippen LogP contribution in [0.2, 0.25) is 0 Å². The number of hydrogen-bond acceptors (Lipinski definition) is 5. The van der Waals surface area contributed by atoms with Crippen molar-refractivity contribution >= 4 is 21.8 Å². The van der Waals surface area contributed by atoms with E-state index in [1.165, 1.54) is 5.56 Å². The number of benzene rings is 2. The third-order valence-electron chi connectivity index (χ3n) is 5.96. The van der Waals surface area contributed by atoms with Gasteiger partial charge in [-0.15, -0.1) is 0 Å². The van der Waals surface area contributed by atoms with Crippen LogP contribution in [0.5, 0.6) is 0 Å². The largest absolute Gasteiger partial charge is 0.340 e. The van der Waals surface area contributed by atoms with Crippen LogP contribution < -0.4 is 4.72 Å². The molecule has 0 atom stereocenters. The lowest BCUT2D eigenvalue weighted by atomic mass is 10.1. The van der Waals surface area contributed by atoms with Crippen molar-refractivity contribution in [2.24, 2.45) is 4.99 Å². The molecular weight excluding hydrogens is 424 g/mol. The zero-order chi connectivity index (χ0) is 22.4. The summed E-state index contributed by atoms with van der Waals surface area (Å²) in [7, 11) is -3.48. The molecule has 0 radical (unpaired) electrons. The molecule has 1 fully saturated rings. The minimum absolute atomic E-state index is 0.230. The number of carbonyl (C=O) groups is 1. The Balaban J connectivity index is 1.13. The fourth-order valence-electron chi connectivity index (χ4n) is 4.16. The third kappa shape index (κ3) is 5.55. The molecular formula is C24H30N4O3S. The fourth-order valence-corrected chi connectivity index (χ4v) is 5.41. The molecule has 170 valence electrons. The highest BCUT2D eigenvalue weighted by atomic mass is 32.2. The second kappa shape index (κ2) is 10.3. The van der Waals surface area contributed by atoms with E-state index in [9.17, 15) is 13.2 Å². The van der Waals surface area contributed by atoms with E-state index in [0.717, 1.165) is 52.0 Å². The van der Waals surface area contributed by atoms with E-state index in [1.807, 2.05) is 17.0 Å². The molecule has 2 aromatic carbocycles. The van der Waals surface area contributed by atoms with Gasteiger partial charge in [0.15, 0.2) is 0 Å². The first kappa shape index (κ1) is 22.5. The Morgan fingerprint density at radius 2 is 1.62 bits per heavy atom. The Kier molecular flexibility index (Phi) is 7.22. The van der Waals surface area contributed by atoms with E-state index < -0.39 is 10.0 Å². The standard InChI is InChI=1S/C24H30N4O3S/c29-23(28-17-15-27(16-18-28)19-20-9-3-1-4-10-20)13-5-2-8-14-25-24-21-11-6-7-12-22(21)32(30,31)26-24/h1,3-4,6-7,9-12H,2,5,8,13-19H2,(H,25,26). The highest BCUT2D eigenvalue weighted by Crippen LogP contribution is 2.22. The molecule has 1 saturated heterocycles. The van der Waals surface area contributed by atoms with Crippen LogP contribution in [0.1, 0.15) is 36.8 Å². The van der Waals surface area contributed by atoms with Crippen molar-refractivity contribution in [2.75, 3.05) is 32.7 Å². The molecule has 0 saturated carbocycles. The van der Waals surface area contributed by atoms with Crippen molar-refractivity contribution in [3.05, 3.63) is 65.7 Å². The van der Waals surface area contributed by atoms with Gasteiger partial charge in [0.05, 0.1) is 4.90 Å². The number of amides is 1. The van der Waals surface area contributed by atoms with Crippen molar-refractivity contribution in [3.8, 4) is 0 Å². The van der Waals surface area contributed by atoms with Gasteiger partial charge in [0.25, 0.3) is 10.0 Å².